The Hall–Kier alpha value is -2.03. The first-order valence-electron chi connectivity index (χ1n) is 11.2. The average Bonchev–Trinajstić information content (AvgIpc) is 3.00. The van der Waals surface area contributed by atoms with Gasteiger partial charge in [-0.3, -0.25) is 4.79 Å². The largest absolute Gasteiger partial charge is 0.497 e. The topological polar surface area (TPSA) is 72.9 Å². The molecule has 3 rings (SSSR count). The van der Waals surface area contributed by atoms with Crippen LogP contribution in [0.5, 0.6) is 5.75 Å². The number of ether oxygens (including phenoxy) is 2. The second kappa shape index (κ2) is 10.9. The molecule has 1 aliphatic heterocycles. The van der Waals surface area contributed by atoms with E-state index >= 15 is 0 Å². The van der Waals surface area contributed by atoms with Gasteiger partial charge in [0, 0.05) is 17.2 Å². The highest BCUT2D eigenvalue weighted by Crippen LogP contribution is 2.34. The van der Waals surface area contributed by atoms with Crippen molar-refractivity contribution in [3.05, 3.63) is 54.6 Å². The van der Waals surface area contributed by atoms with Crippen LogP contribution in [0.15, 0.2) is 64.4 Å². The molecular weight excluding hydrogens is 458 g/mol. The molecule has 2 aromatic carbocycles. The molecule has 0 saturated carbocycles. The van der Waals surface area contributed by atoms with Crippen LogP contribution in [0.25, 0.3) is 0 Å². The third kappa shape index (κ3) is 6.74. The molecule has 1 heterocycles. The van der Waals surface area contributed by atoms with Gasteiger partial charge >= 0.3 is 5.97 Å². The number of methoxy groups -OCH3 is 1. The molecule has 2 aromatic rings. The number of hydrogen-bond donors (Lipinski definition) is 0. The molecule has 0 bridgehead atoms. The highest BCUT2D eigenvalue weighted by Gasteiger charge is 2.43. The lowest BCUT2D eigenvalue weighted by atomic mass is 9.97. The smallest absolute Gasteiger partial charge is 0.325 e. The highest BCUT2D eigenvalue weighted by atomic mass is 32.2. The second-order valence-corrected chi connectivity index (χ2v) is 12.1. The molecule has 0 radical (unpaired) electrons. The number of rotatable bonds is 7. The summed E-state index contributed by atoms with van der Waals surface area (Å²) in [4.78, 5) is 14.7. The number of sulfonamides is 1. The van der Waals surface area contributed by atoms with E-state index in [0.717, 1.165) is 17.7 Å². The molecule has 0 aliphatic carbocycles. The van der Waals surface area contributed by atoms with Crippen molar-refractivity contribution in [2.24, 2.45) is 5.92 Å². The van der Waals surface area contributed by atoms with Crippen molar-refractivity contribution in [2.45, 2.75) is 61.5 Å². The van der Waals surface area contributed by atoms with Gasteiger partial charge in [0.05, 0.1) is 12.0 Å². The average molecular weight is 492 g/mol. The van der Waals surface area contributed by atoms with E-state index < -0.39 is 27.6 Å². The Kier molecular flexibility index (Phi) is 8.48. The number of carbonyl (C=O) groups excluding carboxylic acids is 1. The summed E-state index contributed by atoms with van der Waals surface area (Å²) in [5, 5.41) is 0. The Labute approximate surface area is 201 Å². The number of hydrogen-bond acceptors (Lipinski definition) is 6. The number of thioether (sulfide) groups is 1. The summed E-state index contributed by atoms with van der Waals surface area (Å²) in [7, 11) is -2.37. The molecule has 2 atom stereocenters. The maximum atomic E-state index is 13.7. The standard InChI is InChI=1S/C25H33NO5S2/c1-25(2,3)31-24(27)23-19(18-32-21-11-6-5-7-12-21)10-8-9-17-26(23)33(28,29)22-15-13-20(30-4)14-16-22/h5-7,11-16,19,23H,8-10,17-18H2,1-4H3. The zero-order valence-electron chi connectivity index (χ0n) is 19.7. The molecule has 180 valence electrons. The van der Waals surface area contributed by atoms with Crippen molar-refractivity contribution in [2.75, 3.05) is 19.4 Å². The van der Waals surface area contributed by atoms with Gasteiger partial charge < -0.3 is 9.47 Å². The van der Waals surface area contributed by atoms with Crippen LogP contribution in [0.4, 0.5) is 0 Å². The lowest BCUT2D eigenvalue weighted by Crippen LogP contribution is -2.51. The monoisotopic (exact) mass is 491 g/mol. The Morgan fingerprint density at radius 2 is 1.73 bits per heavy atom. The lowest BCUT2D eigenvalue weighted by molar-refractivity contribution is -0.161. The van der Waals surface area contributed by atoms with Crippen molar-refractivity contribution < 1.29 is 22.7 Å². The van der Waals surface area contributed by atoms with Crippen LogP contribution in [0.3, 0.4) is 0 Å². The van der Waals surface area contributed by atoms with E-state index in [9.17, 15) is 13.2 Å². The Morgan fingerprint density at radius 1 is 1.06 bits per heavy atom. The summed E-state index contributed by atoms with van der Waals surface area (Å²) < 4.78 is 39.7. The van der Waals surface area contributed by atoms with Gasteiger partial charge in [-0.25, -0.2) is 8.42 Å². The summed E-state index contributed by atoms with van der Waals surface area (Å²) in [6.45, 7) is 5.69. The molecule has 0 amide bonds. The highest BCUT2D eigenvalue weighted by molar-refractivity contribution is 7.99. The Balaban J connectivity index is 1.96. The van der Waals surface area contributed by atoms with Crippen LogP contribution in [0.1, 0.15) is 40.0 Å². The molecule has 1 fully saturated rings. The SMILES string of the molecule is COc1ccc(S(=O)(=O)N2CCCCC(CSc3ccccc3)C2C(=O)OC(C)(C)C)cc1. The Morgan fingerprint density at radius 3 is 2.33 bits per heavy atom. The number of carbonyl (C=O) groups is 1. The summed E-state index contributed by atoms with van der Waals surface area (Å²) in [6.07, 6.45) is 2.31. The summed E-state index contributed by atoms with van der Waals surface area (Å²) in [5.74, 6) is 0.550. The van der Waals surface area contributed by atoms with Crippen molar-refractivity contribution in [1.29, 1.82) is 0 Å². The molecule has 1 saturated heterocycles. The van der Waals surface area contributed by atoms with Crippen LogP contribution >= 0.6 is 11.8 Å². The first-order valence-corrected chi connectivity index (χ1v) is 13.6. The normalized spacial score (nSPS) is 20.1. The fraction of sp³-hybridized carbons (Fsp3) is 0.480. The molecule has 1 aliphatic rings. The number of benzene rings is 2. The first-order chi connectivity index (χ1) is 15.6. The van der Waals surface area contributed by atoms with E-state index in [0.29, 0.717) is 17.9 Å². The minimum Gasteiger partial charge on any atom is -0.497 e. The molecule has 33 heavy (non-hydrogen) atoms. The third-order valence-corrected chi connectivity index (χ3v) is 8.58. The van der Waals surface area contributed by atoms with E-state index in [2.05, 4.69) is 0 Å². The van der Waals surface area contributed by atoms with Crippen LogP contribution in [-0.4, -0.2) is 49.7 Å². The van der Waals surface area contributed by atoms with Crippen molar-refractivity contribution in [3.8, 4) is 5.75 Å². The summed E-state index contributed by atoms with van der Waals surface area (Å²) >= 11 is 1.64. The van der Waals surface area contributed by atoms with Gasteiger partial charge in [0.2, 0.25) is 10.0 Å². The third-order valence-electron chi connectivity index (χ3n) is 5.48. The predicted octanol–water partition coefficient (Wildman–Crippen LogP) is 4.99. The van der Waals surface area contributed by atoms with E-state index in [1.165, 1.54) is 23.5 Å². The van der Waals surface area contributed by atoms with Crippen molar-refractivity contribution in [1.82, 2.24) is 4.31 Å². The molecule has 8 heteroatoms. The minimum absolute atomic E-state index is 0.147. The molecule has 2 unspecified atom stereocenters. The van der Waals surface area contributed by atoms with E-state index in [1.807, 2.05) is 30.3 Å². The second-order valence-electron chi connectivity index (χ2n) is 9.15. The maximum Gasteiger partial charge on any atom is 0.325 e. The van der Waals surface area contributed by atoms with E-state index in [1.54, 1.807) is 44.7 Å². The zero-order valence-corrected chi connectivity index (χ0v) is 21.3. The fourth-order valence-corrected chi connectivity index (χ4v) is 6.71. The van der Waals surface area contributed by atoms with Gasteiger partial charge in [0.15, 0.2) is 0 Å². The predicted molar refractivity (Wildman–Crippen MR) is 131 cm³/mol. The van der Waals surface area contributed by atoms with E-state index in [4.69, 9.17) is 9.47 Å². The minimum atomic E-state index is -3.91. The quantitative estimate of drug-likeness (QED) is 0.401. The van der Waals surface area contributed by atoms with Gasteiger partial charge in [-0.05, 0) is 75.9 Å². The Bertz CT molecular complexity index is 1020. The lowest BCUT2D eigenvalue weighted by Gasteiger charge is -2.34. The van der Waals surface area contributed by atoms with E-state index in [-0.39, 0.29) is 17.4 Å². The fourth-order valence-electron chi connectivity index (χ4n) is 3.93. The van der Waals surface area contributed by atoms with Crippen molar-refractivity contribution in [3.63, 3.8) is 0 Å². The van der Waals surface area contributed by atoms with Crippen LogP contribution in [0, 0.1) is 5.92 Å². The van der Waals surface area contributed by atoms with Gasteiger partial charge in [-0.1, -0.05) is 24.6 Å². The zero-order chi connectivity index (χ0) is 24.1. The maximum absolute atomic E-state index is 13.7. The first kappa shape index (κ1) is 25.6. The van der Waals surface area contributed by atoms with Gasteiger partial charge in [0.25, 0.3) is 0 Å². The number of esters is 1. The molecule has 0 aromatic heterocycles. The van der Waals surface area contributed by atoms with Crippen LogP contribution in [-0.2, 0) is 19.6 Å². The summed E-state index contributed by atoms with van der Waals surface area (Å²) in [6, 6.07) is 15.4. The van der Waals surface area contributed by atoms with Gasteiger partial charge in [0.1, 0.15) is 17.4 Å². The van der Waals surface area contributed by atoms with Gasteiger partial charge in [-0.15, -0.1) is 11.8 Å². The molecule has 0 N–H and O–H groups in total. The summed E-state index contributed by atoms with van der Waals surface area (Å²) in [5.41, 5.74) is -0.712. The molecular formula is C25H33NO5S2. The molecule has 6 nitrogen and oxygen atoms in total. The van der Waals surface area contributed by atoms with Crippen LogP contribution in [0.2, 0.25) is 0 Å². The molecule has 0 spiro atoms. The van der Waals surface area contributed by atoms with Crippen LogP contribution < -0.4 is 4.74 Å². The van der Waals surface area contributed by atoms with Crippen molar-refractivity contribution >= 4 is 27.8 Å². The number of nitrogens with zero attached hydrogens (tertiary/aromatic N) is 1. The van der Waals surface area contributed by atoms with Gasteiger partial charge in [-0.2, -0.15) is 4.31 Å².